The molecule has 8 atom stereocenters. The lowest BCUT2D eigenvalue weighted by molar-refractivity contribution is -0.286. The predicted molar refractivity (Wildman–Crippen MR) is 146 cm³/mol. The molecule has 0 amide bonds. The Morgan fingerprint density at radius 1 is 0.854 bits per heavy atom. The van der Waals surface area contributed by atoms with Crippen LogP contribution in [0.4, 0.5) is 0 Å². The molecule has 4 rings (SSSR count). The maximum atomic E-state index is 13.4. The van der Waals surface area contributed by atoms with Crippen LogP contribution in [0.1, 0.15) is 38.6 Å². The second-order valence-corrected chi connectivity index (χ2v) is 10.5. The van der Waals surface area contributed by atoms with Crippen LogP contribution in [-0.4, -0.2) is 131 Å². The van der Waals surface area contributed by atoms with E-state index in [1.54, 1.807) is 0 Å². The van der Waals surface area contributed by atoms with Crippen LogP contribution in [0.5, 0.6) is 34.5 Å². The molecule has 0 aromatic heterocycles. The van der Waals surface area contributed by atoms with Crippen molar-refractivity contribution >= 4 is 29.8 Å². The number of rotatable bonds is 9. The summed E-state index contributed by atoms with van der Waals surface area (Å²) < 4.78 is 25.0. The normalized spacial score (nSPS) is 25.6. The molecule has 3 unspecified atom stereocenters. The fourth-order valence-corrected chi connectivity index (χ4v) is 5.16. The van der Waals surface area contributed by atoms with Crippen molar-refractivity contribution in [1.29, 1.82) is 0 Å². The van der Waals surface area contributed by atoms with Crippen molar-refractivity contribution in [1.82, 2.24) is 0 Å². The first kappa shape index (κ1) is 35.3. The number of esters is 4. The number of aliphatic hydroxyl groups is 3. The second kappa shape index (κ2) is 13.7. The number of carbonyl (C=O) groups excluding carboxylic acids is 4. The molecule has 2 heterocycles. The molecule has 0 radical (unpaired) electrons. The van der Waals surface area contributed by atoms with Crippen LogP contribution in [0.2, 0.25) is 0 Å². The zero-order valence-corrected chi connectivity index (χ0v) is 24.3. The molecule has 260 valence electrons. The van der Waals surface area contributed by atoms with E-state index in [2.05, 4.69) is 4.74 Å². The number of aliphatic hydroxyl groups excluding tert-OH is 3. The van der Waals surface area contributed by atoms with Gasteiger partial charge < -0.3 is 74.7 Å². The molecule has 10 N–H and O–H groups in total. The number of carboxylic acid groups (broad SMARTS) is 1. The summed E-state index contributed by atoms with van der Waals surface area (Å²) in [4.78, 5) is 63.1. The molecule has 20 heteroatoms. The zero-order valence-electron chi connectivity index (χ0n) is 24.3. The van der Waals surface area contributed by atoms with E-state index in [0.29, 0.717) is 18.2 Å². The molecule has 2 aromatic rings. The zero-order chi connectivity index (χ0) is 35.8. The molecule has 20 nitrogen and oxygen atoms in total. The summed E-state index contributed by atoms with van der Waals surface area (Å²) in [5.41, 5.74) is -1.89. The van der Waals surface area contributed by atoms with E-state index in [0.717, 1.165) is 7.11 Å². The Morgan fingerprint density at radius 3 is 2.04 bits per heavy atom. The van der Waals surface area contributed by atoms with Crippen LogP contribution < -0.4 is 0 Å². The molecule has 0 spiro atoms. The van der Waals surface area contributed by atoms with E-state index in [1.165, 1.54) is 0 Å². The van der Waals surface area contributed by atoms with Crippen LogP contribution >= 0.6 is 0 Å². The molecule has 1 saturated heterocycles. The molecule has 0 bridgehead atoms. The van der Waals surface area contributed by atoms with E-state index >= 15 is 0 Å². The van der Waals surface area contributed by atoms with E-state index in [4.69, 9.17) is 18.9 Å². The van der Waals surface area contributed by atoms with E-state index in [9.17, 15) is 75.0 Å². The lowest BCUT2D eigenvalue weighted by atomic mass is 9.76. The van der Waals surface area contributed by atoms with Crippen molar-refractivity contribution in [2.24, 2.45) is 5.92 Å². The summed E-state index contributed by atoms with van der Waals surface area (Å²) in [5, 5.41) is 100. The van der Waals surface area contributed by atoms with Crippen LogP contribution in [-0.2, 0) is 38.1 Å². The monoisotopic (exact) mass is 684 g/mol. The van der Waals surface area contributed by atoms with Crippen LogP contribution in [0.3, 0.4) is 0 Å². The Hall–Kier alpha value is -5.57. The number of carbonyl (C=O) groups is 5. The Balaban J connectivity index is 1.61. The van der Waals surface area contributed by atoms with Gasteiger partial charge in [0.25, 0.3) is 0 Å². The molecule has 2 aromatic carbocycles. The molecule has 2 aliphatic rings. The lowest BCUT2D eigenvalue weighted by Gasteiger charge is -2.40. The number of aliphatic carboxylic acids is 1. The number of hydrogen-bond acceptors (Lipinski definition) is 19. The smallest absolute Gasteiger partial charge is 0.347 e. The number of phenols is 6. The Kier molecular flexibility index (Phi) is 10.0. The first-order valence-corrected chi connectivity index (χ1v) is 13.6. The number of phenolic OH excluding ortho intramolecular Hbond substituents is 6. The molecule has 2 aliphatic heterocycles. The van der Waals surface area contributed by atoms with Gasteiger partial charge in [-0.05, 0) is 18.2 Å². The Bertz CT molecular complexity index is 1610. The van der Waals surface area contributed by atoms with Crippen molar-refractivity contribution in [2.45, 2.75) is 49.1 Å². The van der Waals surface area contributed by atoms with E-state index in [1.807, 2.05) is 0 Å². The van der Waals surface area contributed by atoms with Gasteiger partial charge in [0.1, 0.15) is 31.0 Å². The van der Waals surface area contributed by atoms with Gasteiger partial charge in [-0.2, -0.15) is 0 Å². The third-order valence-corrected chi connectivity index (χ3v) is 7.56. The van der Waals surface area contributed by atoms with Gasteiger partial charge in [-0.25, -0.2) is 14.4 Å². The number of methoxy groups -OCH3 is 1. The minimum absolute atomic E-state index is 0.560. The van der Waals surface area contributed by atoms with Crippen molar-refractivity contribution < 1.29 is 98.7 Å². The highest BCUT2D eigenvalue weighted by Gasteiger charge is 2.51. The average molecular weight is 685 g/mol. The van der Waals surface area contributed by atoms with Gasteiger partial charge in [-0.1, -0.05) is 0 Å². The largest absolute Gasteiger partial charge is 0.504 e. The SMILES string of the molecule is COC(=O)C1OC(=O)c2cc(O)c(O)c(O)c2C1C(CC(=O)O)C(=O)OC[C@H]1O[C@@H](OC(=O)c2cc(O)c(O)c(O)c2)[C@H](O)[C@@H](O)[C@@H]1O. The van der Waals surface area contributed by atoms with Gasteiger partial charge in [0, 0.05) is 5.56 Å². The summed E-state index contributed by atoms with van der Waals surface area (Å²) in [5.74, 6) is -17.3. The molecule has 0 aliphatic carbocycles. The van der Waals surface area contributed by atoms with Gasteiger partial charge in [0.2, 0.25) is 18.1 Å². The van der Waals surface area contributed by atoms with Crippen molar-refractivity contribution in [3.63, 3.8) is 0 Å². The quantitative estimate of drug-likeness (QED) is 0.0776. The van der Waals surface area contributed by atoms with Crippen LogP contribution in [0.25, 0.3) is 0 Å². The number of carboxylic acids is 1. The Labute approximate surface area is 267 Å². The minimum atomic E-state index is -2.11. The van der Waals surface area contributed by atoms with Gasteiger partial charge in [-0.15, -0.1) is 0 Å². The maximum absolute atomic E-state index is 13.4. The van der Waals surface area contributed by atoms with Gasteiger partial charge >= 0.3 is 29.8 Å². The van der Waals surface area contributed by atoms with Gasteiger partial charge in [0.15, 0.2) is 28.7 Å². The first-order valence-electron chi connectivity index (χ1n) is 13.6. The summed E-state index contributed by atoms with van der Waals surface area (Å²) in [6.45, 7) is -1.05. The summed E-state index contributed by atoms with van der Waals surface area (Å²) in [6, 6.07) is 2.00. The summed E-state index contributed by atoms with van der Waals surface area (Å²) in [7, 11) is 0.860. The van der Waals surface area contributed by atoms with E-state index in [-0.39, 0.29) is 0 Å². The molecule has 1 fully saturated rings. The lowest BCUT2D eigenvalue weighted by Crippen LogP contribution is -2.59. The average Bonchev–Trinajstić information content (AvgIpc) is 3.04. The number of fused-ring (bicyclic) bond motifs is 1. The number of cyclic esters (lactones) is 1. The van der Waals surface area contributed by atoms with Crippen LogP contribution in [0.15, 0.2) is 18.2 Å². The number of benzene rings is 2. The van der Waals surface area contributed by atoms with Gasteiger partial charge in [0.05, 0.1) is 36.5 Å². The first-order chi connectivity index (χ1) is 22.5. The number of hydrogen-bond donors (Lipinski definition) is 10. The van der Waals surface area contributed by atoms with E-state index < -0.39 is 143 Å². The molecular formula is C28H28O20. The topological polar surface area (TPSA) is 334 Å². The van der Waals surface area contributed by atoms with Crippen molar-refractivity contribution in [3.05, 3.63) is 34.9 Å². The minimum Gasteiger partial charge on any atom is -0.504 e. The predicted octanol–water partition coefficient (Wildman–Crippen LogP) is -1.99. The number of ether oxygens (including phenoxy) is 5. The van der Waals surface area contributed by atoms with Crippen molar-refractivity contribution in [3.8, 4) is 34.5 Å². The fraction of sp³-hybridized carbons (Fsp3) is 0.393. The third-order valence-electron chi connectivity index (χ3n) is 7.56. The highest BCUT2D eigenvalue weighted by molar-refractivity contribution is 5.98. The third kappa shape index (κ3) is 6.62. The second-order valence-electron chi connectivity index (χ2n) is 10.5. The van der Waals surface area contributed by atoms with Crippen LogP contribution in [0, 0.1) is 5.92 Å². The van der Waals surface area contributed by atoms with Crippen molar-refractivity contribution in [2.75, 3.05) is 13.7 Å². The Morgan fingerprint density at radius 2 is 1.46 bits per heavy atom. The highest BCUT2D eigenvalue weighted by atomic mass is 16.7. The highest BCUT2D eigenvalue weighted by Crippen LogP contribution is 2.50. The standard InChI is InChI=1S/C28H28O20/c1-44-27(43)23-16(15-8(26(42)47-23)4-12(31)18(35)20(15)37)9(5-14(32)33)25(41)45-6-13-19(36)21(38)22(39)28(46-13)48-24(40)7-2-10(29)17(34)11(30)3-7/h2-4,9,13,16,19,21-23,28-31,34-39H,5-6H2,1H3,(H,32,33)/t9?,13-,16?,19-,21+,22-,23?,28+/m1/s1. The maximum Gasteiger partial charge on any atom is 0.347 e. The molecule has 0 saturated carbocycles. The number of aromatic hydroxyl groups is 6. The summed E-state index contributed by atoms with van der Waals surface area (Å²) in [6.07, 6.45) is -13.4. The summed E-state index contributed by atoms with van der Waals surface area (Å²) >= 11 is 0. The fourth-order valence-electron chi connectivity index (χ4n) is 5.16. The molecular weight excluding hydrogens is 656 g/mol. The molecule has 48 heavy (non-hydrogen) atoms. The van der Waals surface area contributed by atoms with Gasteiger partial charge in [-0.3, -0.25) is 9.59 Å².